The van der Waals surface area contributed by atoms with Gasteiger partial charge in [0.25, 0.3) is 0 Å². The van der Waals surface area contributed by atoms with Crippen molar-refractivity contribution < 1.29 is 4.79 Å². The monoisotopic (exact) mass is 518 g/mol. The van der Waals surface area contributed by atoms with Crippen molar-refractivity contribution in [2.45, 2.75) is 90.9 Å². The molecule has 2 heterocycles. The van der Waals surface area contributed by atoms with Crippen LogP contribution in [-0.2, 0) is 18.3 Å². The fourth-order valence-corrected chi connectivity index (χ4v) is 7.09. The zero-order valence-electron chi connectivity index (χ0n) is 24.3. The lowest BCUT2D eigenvalue weighted by Gasteiger charge is -2.34. The zero-order valence-corrected chi connectivity index (χ0v) is 24.3. The van der Waals surface area contributed by atoms with Crippen molar-refractivity contribution >= 4 is 11.4 Å². The summed E-state index contributed by atoms with van der Waals surface area (Å²) in [5.74, 6) is 2.64. The number of rotatable bonds is 5. The van der Waals surface area contributed by atoms with Gasteiger partial charge in [-0.2, -0.15) is 0 Å². The number of pyridine rings is 1. The Morgan fingerprint density at radius 1 is 0.949 bits per heavy atom. The first-order valence-electron chi connectivity index (χ1n) is 14.9. The first-order valence-corrected chi connectivity index (χ1v) is 14.9. The van der Waals surface area contributed by atoms with Gasteiger partial charge in [0.05, 0.1) is 5.69 Å². The van der Waals surface area contributed by atoms with Crippen LogP contribution in [0.5, 0.6) is 0 Å². The predicted molar refractivity (Wildman–Crippen MR) is 161 cm³/mol. The lowest BCUT2D eigenvalue weighted by molar-refractivity contribution is 0.0994. The van der Waals surface area contributed by atoms with Crippen LogP contribution >= 0.6 is 0 Å². The summed E-state index contributed by atoms with van der Waals surface area (Å²) in [5.41, 5.74) is 11.1. The van der Waals surface area contributed by atoms with Crippen molar-refractivity contribution in [2.24, 2.45) is 11.8 Å². The van der Waals surface area contributed by atoms with Gasteiger partial charge in [-0.1, -0.05) is 71.0 Å². The highest BCUT2D eigenvalue weighted by molar-refractivity contribution is 6.00. The van der Waals surface area contributed by atoms with Crippen LogP contribution in [0.3, 0.4) is 0 Å². The maximum atomic E-state index is 12.1. The third-order valence-corrected chi connectivity index (χ3v) is 9.43. The molecule has 2 aromatic heterocycles. The van der Waals surface area contributed by atoms with Gasteiger partial charge in [0.1, 0.15) is 5.65 Å². The van der Waals surface area contributed by atoms with E-state index < -0.39 is 0 Å². The highest BCUT2D eigenvalue weighted by atomic mass is 16.1. The number of aryl methyl sites for hydroxylation is 1. The molecule has 3 nitrogen and oxygen atoms in total. The highest BCUT2D eigenvalue weighted by Gasteiger charge is 2.28. The number of imidazole rings is 1. The van der Waals surface area contributed by atoms with Gasteiger partial charge < -0.3 is 0 Å². The van der Waals surface area contributed by atoms with Crippen LogP contribution in [0.2, 0.25) is 0 Å². The number of fused-ring (bicyclic) bond motifs is 2. The Labute approximate surface area is 233 Å². The number of aromatic nitrogens is 2. The molecule has 2 aromatic carbocycles. The Kier molecular flexibility index (Phi) is 6.73. The van der Waals surface area contributed by atoms with E-state index in [9.17, 15) is 4.79 Å². The molecule has 6 rings (SSSR count). The minimum Gasteiger partial charge on any atom is -0.299 e. The van der Waals surface area contributed by atoms with Crippen molar-refractivity contribution in [3.8, 4) is 11.3 Å². The van der Waals surface area contributed by atoms with E-state index in [1.54, 1.807) is 5.56 Å². The summed E-state index contributed by atoms with van der Waals surface area (Å²) in [6.07, 6.45) is 11.7. The predicted octanol–water partition coefficient (Wildman–Crippen LogP) is 8.95. The van der Waals surface area contributed by atoms with Gasteiger partial charge in [0, 0.05) is 30.8 Å². The van der Waals surface area contributed by atoms with Crippen LogP contribution in [-0.4, -0.2) is 15.2 Å². The van der Waals surface area contributed by atoms with E-state index in [0.29, 0.717) is 12.3 Å². The number of hydrogen-bond donors (Lipinski definition) is 0. The van der Waals surface area contributed by atoms with Gasteiger partial charge in [-0.15, -0.1) is 0 Å². The molecule has 0 spiro atoms. The first-order chi connectivity index (χ1) is 18.7. The molecule has 3 heteroatoms. The SMILES string of the molecule is CC(C)C1CCC(c2ccc(Cc3ccc(-c4ccc5c(c4)CCC5=O)n4ccnc34)cc2C(C)(C)C)CC1. The summed E-state index contributed by atoms with van der Waals surface area (Å²) < 4.78 is 2.21. The van der Waals surface area contributed by atoms with Crippen LogP contribution < -0.4 is 0 Å². The molecule has 4 aromatic rings. The van der Waals surface area contributed by atoms with Crippen LogP contribution in [0.15, 0.2) is 60.9 Å². The number of hydrogen-bond acceptors (Lipinski definition) is 2. The first kappa shape index (κ1) is 26.0. The zero-order chi connectivity index (χ0) is 27.3. The largest absolute Gasteiger partial charge is 0.299 e. The number of carbonyl (C=O) groups excluding carboxylic acids is 1. The fraction of sp³-hybridized carbons (Fsp3) is 0.444. The Balaban J connectivity index is 1.30. The number of Topliss-reactive ketones (excluding diaryl/α,β-unsaturated/α-hetero) is 1. The Morgan fingerprint density at radius 2 is 1.74 bits per heavy atom. The summed E-state index contributed by atoms with van der Waals surface area (Å²) in [4.78, 5) is 16.9. The molecular weight excluding hydrogens is 476 g/mol. The van der Waals surface area contributed by atoms with Crippen molar-refractivity contribution in [2.75, 3.05) is 0 Å². The minimum atomic E-state index is 0.113. The van der Waals surface area contributed by atoms with Crippen molar-refractivity contribution in [1.29, 1.82) is 0 Å². The van der Waals surface area contributed by atoms with E-state index in [1.807, 2.05) is 12.3 Å². The molecule has 0 atom stereocenters. The lowest BCUT2D eigenvalue weighted by Crippen LogP contribution is -2.21. The fourth-order valence-electron chi connectivity index (χ4n) is 7.09. The summed E-state index contributed by atoms with van der Waals surface area (Å²) in [6.45, 7) is 11.9. The third kappa shape index (κ3) is 4.97. The lowest BCUT2D eigenvalue weighted by atomic mass is 9.71. The smallest absolute Gasteiger partial charge is 0.163 e. The topological polar surface area (TPSA) is 34.4 Å². The van der Waals surface area contributed by atoms with Gasteiger partial charge >= 0.3 is 0 Å². The summed E-state index contributed by atoms with van der Waals surface area (Å²) in [5, 5.41) is 0. The maximum absolute atomic E-state index is 12.1. The Hall–Kier alpha value is -3.20. The molecule has 0 amide bonds. The summed E-state index contributed by atoms with van der Waals surface area (Å²) in [7, 11) is 0. The molecule has 1 fully saturated rings. The second kappa shape index (κ2) is 10.1. The van der Waals surface area contributed by atoms with Crippen molar-refractivity contribution in [3.63, 3.8) is 0 Å². The van der Waals surface area contributed by atoms with E-state index in [4.69, 9.17) is 4.98 Å². The number of carbonyl (C=O) groups is 1. The molecule has 2 aliphatic rings. The van der Waals surface area contributed by atoms with Gasteiger partial charge in [0.15, 0.2) is 5.78 Å². The average Bonchev–Trinajstić information content (AvgIpc) is 3.56. The Bertz CT molecular complexity index is 1530. The number of nitrogens with zero attached hydrogens (tertiary/aromatic N) is 2. The second-order valence-corrected chi connectivity index (χ2v) is 13.4. The molecule has 0 radical (unpaired) electrons. The van der Waals surface area contributed by atoms with Crippen LogP contribution in [0.4, 0.5) is 0 Å². The second-order valence-electron chi connectivity index (χ2n) is 13.4. The van der Waals surface area contributed by atoms with Crippen LogP contribution in [0.1, 0.15) is 111 Å². The number of benzene rings is 2. The third-order valence-electron chi connectivity index (χ3n) is 9.43. The van der Waals surface area contributed by atoms with Gasteiger partial charge in [0.2, 0.25) is 0 Å². The van der Waals surface area contributed by atoms with Gasteiger partial charge in [-0.3, -0.25) is 9.20 Å². The van der Waals surface area contributed by atoms with Crippen molar-refractivity contribution in [1.82, 2.24) is 9.38 Å². The van der Waals surface area contributed by atoms with E-state index in [2.05, 4.69) is 87.7 Å². The van der Waals surface area contributed by atoms with Crippen LogP contribution in [0, 0.1) is 11.8 Å². The molecule has 0 bridgehead atoms. The van der Waals surface area contributed by atoms with Gasteiger partial charge in [-0.05, 0) is 101 Å². The molecule has 202 valence electrons. The molecule has 1 saturated carbocycles. The Morgan fingerprint density at radius 3 is 2.49 bits per heavy atom. The van der Waals surface area contributed by atoms with Crippen LogP contribution in [0.25, 0.3) is 16.9 Å². The highest BCUT2D eigenvalue weighted by Crippen LogP contribution is 2.42. The van der Waals surface area contributed by atoms with E-state index in [-0.39, 0.29) is 11.2 Å². The number of ketones is 1. The van der Waals surface area contributed by atoms with E-state index >= 15 is 0 Å². The maximum Gasteiger partial charge on any atom is 0.163 e. The standard InChI is InChI=1S/C36H42N2O/c1-23(2)25-7-9-26(10-8-25)30-14-6-24(21-32(30)36(3,4)5)20-29-12-16-33(38-19-18-37-35(29)38)28-11-15-31-27(22-28)13-17-34(31)39/h6,11-12,14-16,18-19,21-23,25-26H,7-10,13,17,20H2,1-5H3. The average molecular weight is 519 g/mol. The molecule has 2 aliphatic carbocycles. The molecule has 0 aliphatic heterocycles. The minimum absolute atomic E-state index is 0.113. The van der Waals surface area contributed by atoms with E-state index in [0.717, 1.165) is 47.1 Å². The summed E-state index contributed by atoms with van der Waals surface area (Å²) >= 11 is 0. The molecule has 0 saturated heterocycles. The van der Waals surface area contributed by atoms with E-state index in [1.165, 1.54) is 47.9 Å². The quantitative estimate of drug-likeness (QED) is 0.264. The molecule has 0 N–H and O–H groups in total. The summed E-state index contributed by atoms with van der Waals surface area (Å²) in [6, 6.07) is 18.0. The normalized spacial score (nSPS) is 19.7. The van der Waals surface area contributed by atoms with Gasteiger partial charge in [-0.25, -0.2) is 4.98 Å². The molecule has 39 heavy (non-hydrogen) atoms. The molecule has 0 unspecified atom stereocenters. The molecular formula is C36H42N2O. The van der Waals surface area contributed by atoms with Crippen molar-refractivity contribution in [3.05, 3.63) is 94.3 Å².